The van der Waals surface area contributed by atoms with E-state index < -0.39 is 0 Å². The molecule has 1 aromatic heterocycles. The Morgan fingerprint density at radius 1 is 0.750 bits per heavy atom. The van der Waals surface area contributed by atoms with E-state index in [9.17, 15) is 0 Å². The molecular formula is C26H25Cl2N3O5. The van der Waals surface area contributed by atoms with Gasteiger partial charge < -0.3 is 29.4 Å². The van der Waals surface area contributed by atoms with Crippen LogP contribution in [0.3, 0.4) is 0 Å². The number of rotatable bonds is 11. The van der Waals surface area contributed by atoms with E-state index >= 15 is 0 Å². The summed E-state index contributed by atoms with van der Waals surface area (Å²) in [5.74, 6) is 2.95. The second kappa shape index (κ2) is 12.1. The second-order valence-electron chi connectivity index (χ2n) is 7.63. The molecule has 0 aliphatic rings. The van der Waals surface area contributed by atoms with Crippen LogP contribution in [0.1, 0.15) is 0 Å². The standard InChI is InChI=1S/C26H25Cl2N3O5/c1-32-9-11-34-23-14-19-21(15-24(23)35-12-10-33-2)30-26(31-25(19)29)16-3-6-18(7-4-16)36-22-8-5-17(27)13-20(22)28/h3-8,13-15H,9-12H2,1-2H3,(H2,29,30,31). The number of nitrogen functional groups attached to an aromatic ring is 1. The van der Waals surface area contributed by atoms with Crippen molar-refractivity contribution in [1.29, 1.82) is 0 Å². The number of ether oxygens (including phenoxy) is 5. The van der Waals surface area contributed by atoms with Crippen LogP contribution in [0.4, 0.5) is 5.82 Å². The van der Waals surface area contributed by atoms with Gasteiger partial charge in [-0.2, -0.15) is 0 Å². The van der Waals surface area contributed by atoms with Gasteiger partial charge in [0, 0.05) is 36.3 Å². The lowest BCUT2D eigenvalue weighted by atomic mass is 10.1. The minimum absolute atomic E-state index is 0.323. The number of hydrogen-bond acceptors (Lipinski definition) is 8. The second-order valence-corrected chi connectivity index (χ2v) is 8.48. The summed E-state index contributed by atoms with van der Waals surface area (Å²) in [7, 11) is 3.22. The molecule has 4 rings (SSSR count). The van der Waals surface area contributed by atoms with E-state index in [0.717, 1.165) is 5.56 Å². The number of nitrogens with zero attached hydrogens (tertiary/aromatic N) is 2. The van der Waals surface area contributed by atoms with Gasteiger partial charge in [0.1, 0.15) is 30.5 Å². The fourth-order valence-electron chi connectivity index (χ4n) is 3.34. The fourth-order valence-corrected chi connectivity index (χ4v) is 3.79. The van der Waals surface area contributed by atoms with Crippen molar-refractivity contribution in [3.8, 4) is 34.4 Å². The maximum atomic E-state index is 6.31. The molecule has 0 spiro atoms. The molecule has 0 fully saturated rings. The van der Waals surface area contributed by atoms with Gasteiger partial charge in [-0.15, -0.1) is 0 Å². The van der Waals surface area contributed by atoms with Crippen LogP contribution in [0.25, 0.3) is 22.3 Å². The molecule has 0 saturated heterocycles. The van der Waals surface area contributed by atoms with Gasteiger partial charge in [-0.3, -0.25) is 0 Å². The summed E-state index contributed by atoms with van der Waals surface area (Å²) in [6, 6.07) is 15.9. The van der Waals surface area contributed by atoms with E-state index in [1.54, 1.807) is 56.7 Å². The average Bonchev–Trinajstić information content (AvgIpc) is 2.87. The number of aromatic nitrogens is 2. The molecule has 0 bridgehead atoms. The van der Waals surface area contributed by atoms with Crippen LogP contribution in [0.2, 0.25) is 10.0 Å². The van der Waals surface area contributed by atoms with Crippen molar-refractivity contribution in [2.75, 3.05) is 46.4 Å². The van der Waals surface area contributed by atoms with E-state index in [-0.39, 0.29) is 0 Å². The predicted molar refractivity (Wildman–Crippen MR) is 141 cm³/mol. The predicted octanol–water partition coefficient (Wildman–Crippen LogP) is 6.03. The number of hydrogen-bond donors (Lipinski definition) is 1. The number of benzene rings is 3. The zero-order valence-electron chi connectivity index (χ0n) is 19.8. The van der Waals surface area contributed by atoms with Gasteiger partial charge in [-0.25, -0.2) is 9.97 Å². The van der Waals surface area contributed by atoms with Gasteiger partial charge in [0.25, 0.3) is 0 Å². The van der Waals surface area contributed by atoms with E-state index in [1.165, 1.54) is 0 Å². The van der Waals surface area contributed by atoms with Crippen LogP contribution >= 0.6 is 23.2 Å². The van der Waals surface area contributed by atoms with Crippen LogP contribution in [0.15, 0.2) is 54.6 Å². The molecule has 0 amide bonds. The number of halogens is 2. The molecule has 0 unspecified atom stereocenters. The molecule has 10 heteroatoms. The Morgan fingerprint density at radius 3 is 2.06 bits per heavy atom. The summed E-state index contributed by atoms with van der Waals surface area (Å²) in [6.07, 6.45) is 0. The maximum absolute atomic E-state index is 6.31. The summed E-state index contributed by atoms with van der Waals surface area (Å²) < 4.78 is 27.7. The number of nitrogens with two attached hydrogens (primary N) is 1. The third-order valence-electron chi connectivity index (χ3n) is 5.12. The SMILES string of the molecule is COCCOc1cc2nc(-c3ccc(Oc4ccc(Cl)cc4Cl)cc3)nc(N)c2cc1OCCOC. The van der Waals surface area contributed by atoms with E-state index in [4.69, 9.17) is 57.6 Å². The summed E-state index contributed by atoms with van der Waals surface area (Å²) >= 11 is 12.2. The highest BCUT2D eigenvalue weighted by atomic mass is 35.5. The fraction of sp³-hybridized carbons (Fsp3) is 0.231. The molecule has 188 valence electrons. The van der Waals surface area contributed by atoms with Crippen LogP contribution in [-0.4, -0.2) is 50.6 Å². The topological polar surface area (TPSA) is 98.0 Å². The molecule has 0 radical (unpaired) electrons. The van der Waals surface area contributed by atoms with Crippen molar-refractivity contribution in [3.63, 3.8) is 0 Å². The molecule has 4 aromatic rings. The molecule has 36 heavy (non-hydrogen) atoms. The lowest BCUT2D eigenvalue weighted by Crippen LogP contribution is -2.09. The van der Waals surface area contributed by atoms with Gasteiger partial charge in [-0.05, 0) is 48.5 Å². The third kappa shape index (κ3) is 6.27. The molecule has 8 nitrogen and oxygen atoms in total. The van der Waals surface area contributed by atoms with E-state index in [0.29, 0.717) is 82.0 Å². The Bertz CT molecular complexity index is 1340. The first-order valence-electron chi connectivity index (χ1n) is 11.1. The zero-order valence-corrected chi connectivity index (χ0v) is 21.3. The minimum atomic E-state index is 0.323. The van der Waals surface area contributed by atoms with Crippen LogP contribution in [-0.2, 0) is 9.47 Å². The summed E-state index contributed by atoms with van der Waals surface area (Å²) in [5, 5.41) is 1.61. The quantitative estimate of drug-likeness (QED) is 0.235. The van der Waals surface area contributed by atoms with Crippen molar-refractivity contribution in [1.82, 2.24) is 9.97 Å². The third-order valence-corrected chi connectivity index (χ3v) is 5.65. The average molecular weight is 530 g/mol. The summed E-state index contributed by atoms with van der Waals surface area (Å²) in [5.41, 5.74) is 7.70. The summed E-state index contributed by atoms with van der Waals surface area (Å²) in [4.78, 5) is 9.21. The largest absolute Gasteiger partial charge is 0.487 e. The van der Waals surface area contributed by atoms with Crippen molar-refractivity contribution >= 4 is 39.9 Å². The first-order chi connectivity index (χ1) is 17.5. The smallest absolute Gasteiger partial charge is 0.163 e. The highest BCUT2D eigenvalue weighted by Crippen LogP contribution is 2.36. The van der Waals surface area contributed by atoms with Gasteiger partial charge in [0.2, 0.25) is 0 Å². The van der Waals surface area contributed by atoms with E-state index in [1.807, 2.05) is 12.1 Å². The Morgan fingerprint density at radius 2 is 1.42 bits per heavy atom. The van der Waals surface area contributed by atoms with Gasteiger partial charge in [0.15, 0.2) is 17.3 Å². The van der Waals surface area contributed by atoms with Gasteiger partial charge in [0.05, 0.1) is 23.8 Å². The Hall–Kier alpha value is -3.30. The molecule has 1 heterocycles. The molecule has 0 saturated carbocycles. The van der Waals surface area contributed by atoms with Crippen molar-refractivity contribution in [2.24, 2.45) is 0 Å². The molecular weight excluding hydrogens is 505 g/mol. The summed E-state index contributed by atoms with van der Waals surface area (Å²) in [6.45, 7) is 1.58. The van der Waals surface area contributed by atoms with Gasteiger partial charge >= 0.3 is 0 Å². The van der Waals surface area contributed by atoms with E-state index in [2.05, 4.69) is 4.98 Å². The van der Waals surface area contributed by atoms with Crippen molar-refractivity contribution in [2.45, 2.75) is 0 Å². The number of methoxy groups -OCH3 is 2. The molecule has 0 atom stereocenters. The lowest BCUT2D eigenvalue weighted by molar-refractivity contribution is 0.132. The van der Waals surface area contributed by atoms with Crippen LogP contribution in [0, 0.1) is 0 Å². The minimum Gasteiger partial charge on any atom is -0.487 e. The Kier molecular flexibility index (Phi) is 8.66. The van der Waals surface area contributed by atoms with Crippen molar-refractivity contribution < 1.29 is 23.7 Å². The Balaban J connectivity index is 1.62. The zero-order chi connectivity index (χ0) is 25.5. The molecule has 0 aliphatic heterocycles. The highest BCUT2D eigenvalue weighted by Gasteiger charge is 2.14. The lowest BCUT2D eigenvalue weighted by Gasteiger charge is -2.15. The monoisotopic (exact) mass is 529 g/mol. The van der Waals surface area contributed by atoms with Gasteiger partial charge in [-0.1, -0.05) is 23.2 Å². The molecule has 3 aromatic carbocycles. The number of anilines is 1. The first-order valence-corrected chi connectivity index (χ1v) is 11.8. The highest BCUT2D eigenvalue weighted by molar-refractivity contribution is 6.35. The van der Waals surface area contributed by atoms with Crippen LogP contribution in [0.5, 0.6) is 23.0 Å². The van der Waals surface area contributed by atoms with Crippen molar-refractivity contribution in [3.05, 3.63) is 64.6 Å². The Labute approximate surface area is 218 Å². The molecule has 0 aliphatic carbocycles. The normalized spacial score (nSPS) is 11.0. The molecule has 2 N–H and O–H groups in total. The van der Waals surface area contributed by atoms with Crippen LogP contribution < -0.4 is 19.9 Å². The number of fused-ring (bicyclic) bond motifs is 1. The first kappa shape index (κ1) is 25.8. The maximum Gasteiger partial charge on any atom is 0.163 e.